The van der Waals surface area contributed by atoms with Crippen LogP contribution in [-0.2, 0) is 6.54 Å². The van der Waals surface area contributed by atoms with Crippen molar-refractivity contribution in [3.8, 4) is 0 Å². The number of aromatic nitrogens is 3. The normalized spacial score (nSPS) is 10.2. The molecule has 1 amide bonds. The van der Waals surface area contributed by atoms with E-state index in [2.05, 4.69) is 20.3 Å². The number of carbonyl (C=O) groups is 1. The molecule has 0 spiro atoms. The molecule has 0 atom stereocenters. The van der Waals surface area contributed by atoms with Gasteiger partial charge in [-0.15, -0.1) is 11.3 Å². The summed E-state index contributed by atoms with van der Waals surface area (Å²) in [5.74, 6) is -0.219. The van der Waals surface area contributed by atoms with E-state index in [1.165, 1.54) is 18.6 Å². The van der Waals surface area contributed by atoms with Crippen molar-refractivity contribution in [3.05, 3.63) is 39.9 Å². The number of nitrogens with zero attached hydrogens (tertiary/aromatic N) is 3. The van der Waals surface area contributed by atoms with Crippen LogP contribution in [0.3, 0.4) is 0 Å². The van der Waals surface area contributed by atoms with Crippen molar-refractivity contribution in [1.29, 1.82) is 0 Å². The van der Waals surface area contributed by atoms with Gasteiger partial charge >= 0.3 is 0 Å². The van der Waals surface area contributed by atoms with Gasteiger partial charge in [-0.3, -0.25) is 9.78 Å². The minimum absolute atomic E-state index is 0.219. The fourth-order valence-electron chi connectivity index (χ4n) is 1.40. The Hall–Kier alpha value is -1.82. The Kier molecular flexibility index (Phi) is 3.43. The summed E-state index contributed by atoms with van der Waals surface area (Å²) in [5.41, 5.74) is 1.29. The molecule has 0 aromatic carbocycles. The Bertz CT molecular complexity index is 524. The zero-order valence-electron chi connectivity index (χ0n) is 9.60. The third kappa shape index (κ3) is 2.85. The van der Waals surface area contributed by atoms with E-state index in [1.807, 2.05) is 13.8 Å². The number of rotatable bonds is 3. The second kappa shape index (κ2) is 5.01. The van der Waals surface area contributed by atoms with Crippen LogP contribution in [0.1, 0.15) is 26.1 Å². The van der Waals surface area contributed by atoms with Crippen LogP contribution in [0, 0.1) is 13.8 Å². The predicted octanol–water partition coefficient (Wildman–Crippen LogP) is 1.48. The van der Waals surface area contributed by atoms with Crippen molar-refractivity contribution in [2.24, 2.45) is 0 Å². The second-order valence-corrected chi connectivity index (χ2v) is 4.80. The first-order chi connectivity index (χ1) is 8.16. The molecule has 17 heavy (non-hydrogen) atoms. The van der Waals surface area contributed by atoms with Crippen LogP contribution in [0.5, 0.6) is 0 Å². The van der Waals surface area contributed by atoms with Crippen molar-refractivity contribution >= 4 is 17.2 Å². The molecule has 1 N–H and O–H groups in total. The van der Waals surface area contributed by atoms with E-state index in [4.69, 9.17) is 0 Å². The number of aryl methyl sites for hydroxylation is 2. The van der Waals surface area contributed by atoms with Gasteiger partial charge in [-0.2, -0.15) is 0 Å². The molecule has 0 aliphatic rings. The SMILES string of the molecule is Cc1nc(C)c(CNC(=O)c2cnccn2)s1. The molecule has 0 saturated heterocycles. The predicted molar refractivity (Wildman–Crippen MR) is 64.8 cm³/mol. The molecule has 0 fully saturated rings. The van der Waals surface area contributed by atoms with E-state index < -0.39 is 0 Å². The van der Waals surface area contributed by atoms with Crippen LogP contribution in [-0.4, -0.2) is 20.9 Å². The van der Waals surface area contributed by atoms with Crippen molar-refractivity contribution in [2.75, 3.05) is 0 Å². The molecular formula is C11H12N4OS. The third-order valence-corrected chi connectivity index (χ3v) is 3.28. The van der Waals surface area contributed by atoms with Gasteiger partial charge in [0.2, 0.25) is 0 Å². The molecule has 6 heteroatoms. The summed E-state index contributed by atoms with van der Waals surface area (Å²) >= 11 is 1.59. The number of hydrogen-bond acceptors (Lipinski definition) is 5. The van der Waals surface area contributed by atoms with E-state index in [0.29, 0.717) is 12.2 Å². The first-order valence-electron chi connectivity index (χ1n) is 5.14. The summed E-state index contributed by atoms with van der Waals surface area (Å²) in [5, 5.41) is 3.80. The number of hydrogen-bond donors (Lipinski definition) is 1. The largest absolute Gasteiger partial charge is 0.346 e. The molecule has 2 aromatic heterocycles. The van der Waals surface area contributed by atoms with Crippen LogP contribution in [0.25, 0.3) is 0 Å². The molecule has 0 radical (unpaired) electrons. The average Bonchev–Trinajstić information content (AvgIpc) is 2.66. The lowest BCUT2D eigenvalue weighted by Crippen LogP contribution is -2.23. The van der Waals surface area contributed by atoms with E-state index in [9.17, 15) is 4.79 Å². The maximum atomic E-state index is 11.7. The van der Waals surface area contributed by atoms with Gasteiger partial charge in [0.15, 0.2) is 0 Å². The number of amides is 1. The highest BCUT2D eigenvalue weighted by Crippen LogP contribution is 2.16. The molecule has 88 valence electrons. The average molecular weight is 248 g/mol. The Balaban J connectivity index is 1.99. The standard InChI is InChI=1S/C11H12N4OS/c1-7-10(17-8(2)15-7)6-14-11(16)9-5-12-3-4-13-9/h3-5H,6H2,1-2H3,(H,14,16). The van der Waals surface area contributed by atoms with Gasteiger partial charge in [0.1, 0.15) is 5.69 Å². The van der Waals surface area contributed by atoms with E-state index in [-0.39, 0.29) is 5.91 Å². The highest BCUT2D eigenvalue weighted by Gasteiger charge is 2.09. The quantitative estimate of drug-likeness (QED) is 0.893. The monoisotopic (exact) mass is 248 g/mol. The van der Waals surface area contributed by atoms with Gasteiger partial charge in [0.25, 0.3) is 5.91 Å². The van der Waals surface area contributed by atoms with Crippen molar-refractivity contribution in [3.63, 3.8) is 0 Å². The summed E-state index contributed by atoms with van der Waals surface area (Å²) in [7, 11) is 0. The molecule has 0 aliphatic carbocycles. The Morgan fingerprint density at radius 2 is 2.24 bits per heavy atom. The smallest absolute Gasteiger partial charge is 0.271 e. The lowest BCUT2D eigenvalue weighted by molar-refractivity contribution is 0.0946. The summed E-state index contributed by atoms with van der Waals surface area (Å²) in [6.45, 7) is 4.37. The molecule has 0 aliphatic heterocycles. The summed E-state index contributed by atoms with van der Waals surface area (Å²) < 4.78 is 0. The lowest BCUT2D eigenvalue weighted by Gasteiger charge is -2.02. The molecule has 2 heterocycles. The zero-order valence-corrected chi connectivity index (χ0v) is 10.4. The first kappa shape index (κ1) is 11.7. The van der Waals surface area contributed by atoms with Gasteiger partial charge in [-0.1, -0.05) is 0 Å². The van der Waals surface area contributed by atoms with E-state index in [0.717, 1.165) is 15.6 Å². The van der Waals surface area contributed by atoms with Crippen LogP contribution >= 0.6 is 11.3 Å². The van der Waals surface area contributed by atoms with Gasteiger partial charge in [0, 0.05) is 17.3 Å². The molecule has 0 saturated carbocycles. The number of carbonyl (C=O) groups excluding carboxylic acids is 1. The van der Waals surface area contributed by atoms with Crippen molar-refractivity contribution < 1.29 is 4.79 Å². The Morgan fingerprint density at radius 3 is 2.82 bits per heavy atom. The molecule has 2 aromatic rings. The summed E-state index contributed by atoms with van der Waals surface area (Å²) in [4.78, 5) is 24.9. The highest BCUT2D eigenvalue weighted by atomic mass is 32.1. The van der Waals surface area contributed by atoms with E-state index >= 15 is 0 Å². The summed E-state index contributed by atoms with van der Waals surface area (Å²) in [6, 6.07) is 0. The zero-order chi connectivity index (χ0) is 12.3. The number of nitrogens with one attached hydrogen (secondary N) is 1. The van der Waals surface area contributed by atoms with Gasteiger partial charge < -0.3 is 5.32 Å². The Morgan fingerprint density at radius 1 is 1.41 bits per heavy atom. The van der Waals surface area contributed by atoms with Gasteiger partial charge in [-0.25, -0.2) is 9.97 Å². The fourth-order valence-corrected chi connectivity index (χ4v) is 2.28. The van der Waals surface area contributed by atoms with Crippen LogP contribution < -0.4 is 5.32 Å². The van der Waals surface area contributed by atoms with Crippen molar-refractivity contribution in [1.82, 2.24) is 20.3 Å². The second-order valence-electron chi connectivity index (χ2n) is 3.51. The number of thiazole rings is 1. The first-order valence-corrected chi connectivity index (χ1v) is 5.95. The molecule has 0 bridgehead atoms. The van der Waals surface area contributed by atoms with E-state index in [1.54, 1.807) is 11.3 Å². The van der Waals surface area contributed by atoms with Gasteiger partial charge in [0.05, 0.1) is 23.4 Å². The highest BCUT2D eigenvalue weighted by molar-refractivity contribution is 7.11. The summed E-state index contributed by atoms with van der Waals surface area (Å²) in [6.07, 6.45) is 4.48. The van der Waals surface area contributed by atoms with Crippen LogP contribution in [0.15, 0.2) is 18.6 Å². The molecular weight excluding hydrogens is 236 g/mol. The Labute approximate surface area is 103 Å². The van der Waals surface area contributed by atoms with Crippen LogP contribution in [0.4, 0.5) is 0 Å². The minimum atomic E-state index is -0.219. The molecule has 0 unspecified atom stereocenters. The third-order valence-electron chi connectivity index (χ3n) is 2.20. The van der Waals surface area contributed by atoms with Crippen LogP contribution in [0.2, 0.25) is 0 Å². The maximum Gasteiger partial charge on any atom is 0.271 e. The lowest BCUT2D eigenvalue weighted by atomic mass is 10.3. The maximum absolute atomic E-state index is 11.7. The topological polar surface area (TPSA) is 67.8 Å². The fraction of sp³-hybridized carbons (Fsp3) is 0.273. The molecule has 2 rings (SSSR count). The molecule has 5 nitrogen and oxygen atoms in total. The minimum Gasteiger partial charge on any atom is -0.346 e. The van der Waals surface area contributed by atoms with Crippen molar-refractivity contribution in [2.45, 2.75) is 20.4 Å². The van der Waals surface area contributed by atoms with Gasteiger partial charge in [-0.05, 0) is 13.8 Å².